The maximum Gasteiger partial charge on any atom is 0.160 e. The molecule has 0 N–H and O–H groups in total. The molecule has 0 heterocycles. The van der Waals surface area contributed by atoms with Crippen LogP contribution in [0.25, 0.3) is 0 Å². The van der Waals surface area contributed by atoms with Crippen molar-refractivity contribution in [2.75, 3.05) is 0 Å². The third-order valence-electron chi connectivity index (χ3n) is 2.88. The van der Waals surface area contributed by atoms with E-state index in [4.69, 9.17) is 0 Å². The molecule has 0 aliphatic heterocycles. The first-order valence-electron chi connectivity index (χ1n) is 6.03. The minimum absolute atomic E-state index is 0.0786. The van der Waals surface area contributed by atoms with Gasteiger partial charge < -0.3 is 0 Å². The number of ketones is 1. The zero-order chi connectivity index (χ0) is 14.0. The fraction of sp³-hybridized carbons (Fsp3) is 0.188. The second-order valence-electron chi connectivity index (χ2n) is 4.57. The van der Waals surface area contributed by atoms with Crippen molar-refractivity contribution in [3.05, 3.63) is 57.6 Å². The van der Waals surface area contributed by atoms with Crippen molar-refractivity contribution in [1.29, 1.82) is 0 Å². The number of hydrogen-bond acceptors (Lipinski definition) is 2. The lowest BCUT2D eigenvalue weighted by molar-refractivity contribution is 0.101. The molecule has 0 aliphatic rings. The van der Waals surface area contributed by atoms with E-state index in [0.717, 1.165) is 14.9 Å². The molecule has 2 rings (SSSR count). The molecule has 98 valence electrons. The molecule has 0 saturated heterocycles. The van der Waals surface area contributed by atoms with E-state index in [1.165, 1.54) is 16.0 Å². The summed E-state index contributed by atoms with van der Waals surface area (Å²) in [5.41, 5.74) is 3.27. The van der Waals surface area contributed by atoms with E-state index >= 15 is 0 Å². The molecule has 0 unspecified atom stereocenters. The first-order valence-corrected chi connectivity index (χ1v) is 7.64. The zero-order valence-corrected chi connectivity index (χ0v) is 13.6. The Bertz CT molecular complexity index is 635. The fourth-order valence-corrected chi connectivity index (χ4v) is 3.62. The highest BCUT2D eigenvalue weighted by Gasteiger charge is 2.07. The SMILES string of the molecule is CC(=O)c1ccc(Sc2ccc(C)cc2C)cc1Br. The smallest absolute Gasteiger partial charge is 0.160 e. The third kappa shape index (κ3) is 3.48. The maximum atomic E-state index is 11.4. The van der Waals surface area contributed by atoms with Gasteiger partial charge in [-0.15, -0.1) is 0 Å². The standard InChI is InChI=1S/C16H15BrOS/c1-10-4-7-16(11(2)8-10)19-13-5-6-14(12(3)18)15(17)9-13/h4-9H,1-3H3. The van der Waals surface area contributed by atoms with Gasteiger partial charge in [-0.3, -0.25) is 4.79 Å². The Balaban J connectivity index is 2.29. The lowest BCUT2D eigenvalue weighted by Gasteiger charge is -2.08. The molecule has 0 radical (unpaired) electrons. The molecule has 0 spiro atoms. The van der Waals surface area contributed by atoms with Crippen molar-refractivity contribution in [3.63, 3.8) is 0 Å². The van der Waals surface area contributed by atoms with Crippen LogP contribution in [0, 0.1) is 13.8 Å². The van der Waals surface area contributed by atoms with E-state index in [0.29, 0.717) is 0 Å². The summed E-state index contributed by atoms with van der Waals surface area (Å²) in [4.78, 5) is 13.8. The van der Waals surface area contributed by atoms with Crippen LogP contribution in [-0.4, -0.2) is 5.78 Å². The Kier molecular flexibility index (Phi) is 4.48. The number of carbonyl (C=O) groups excluding carboxylic acids is 1. The zero-order valence-electron chi connectivity index (χ0n) is 11.2. The Morgan fingerprint density at radius 2 is 1.84 bits per heavy atom. The second-order valence-corrected chi connectivity index (χ2v) is 6.54. The van der Waals surface area contributed by atoms with Crippen molar-refractivity contribution in [1.82, 2.24) is 0 Å². The molecule has 2 aromatic rings. The topological polar surface area (TPSA) is 17.1 Å². The largest absolute Gasteiger partial charge is 0.294 e. The van der Waals surface area contributed by atoms with E-state index in [-0.39, 0.29) is 5.78 Å². The maximum absolute atomic E-state index is 11.4. The second kappa shape index (κ2) is 5.93. The van der Waals surface area contributed by atoms with Crippen LogP contribution in [0.3, 0.4) is 0 Å². The number of rotatable bonds is 3. The Morgan fingerprint density at radius 1 is 1.11 bits per heavy atom. The highest BCUT2D eigenvalue weighted by atomic mass is 79.9. The quantitative estimate of drug-likeness (QED) is 0.697. The first kappa shape index (κ1) is 14.4. The van der Waals surface area contributed by atoms with Gasteiger partial charge in [-0.2, -0.15) is 0 Å². The van der Waals surface area contributed by atoms with Crippen molar-refractivity contribution in [2.45, 2.75) is 30.6 Å². The van der Waals surface area contributed by atoms with Crippen molar-refractivity contribution in [3.8, 4) is 0 Å². The lowest BCUT2D eigenvalue weighted by Crippen LogP contribution is -1.93. The van der Waals surface area contributed by atoms with Gasteiger partial charge >= 0.3 is 0 Å². The van der Waals surface area contributed by atoms with Gasteiger partial charge in [0.2, 0.25) is 0 Å². The molecular weight excluding hydrogens is 320 g/mol. The predicted octanol–water partition coefficient (Wildman–Crippen LogP) is 5.42. The number of benzene rings is 2. The van der Waals surface area contributed by atoms with Gasteiger partial charge in [0, 0.05) is 19.8 Å². The van der Waals surface area contributed by atoms with Gasteiger partial charge in [-0.25, -0.2) is 0 Å². The first-order chi connectivity index (χ1) is 8.97. The van der Waals surface area contributed by atoms with Crippen LogP contribution in [0.1, 0.15) is 28.4 Å². The summed E-state index contributed by atoms with van der Waals surface area (Å²) >= 11 is 5.17. The molecule has 0 saturated carbocycles. The Morgan fingerprint density at radius 3 is 2.42 bits per heavy atom. The van der Waals surface area contributed by atoms with Crippen LogP contribution in [0.5, 0.6) is 0 Å². The Hall–Kier alpha value is -1.06. The molecule has 0 atom stereocenters. The van der Waals surface area contributed by atoms with Crippen molar-refractivity contribution < 1.29 is 4.79 Å². The summed E-state index contributed by atoms with van der Waals surface area (Å²) in [6.07, 6.45) is 0. The Labute approximate surface area is 126 Å². The van der Waals surface area contributed by atoms with E-state index in [1.807, 2.05) is 18.2 Å². The summed E-state index contributed by atoms with van der Waals surface area (Å²) in [6.45, 7) is 5.80. The van der Waals surface area contributed by atoms with Crippen molar-refractivity contribution in [2.24, 2.45) is 0 Å². The van der Waals surface area contributed by atoms with Crippen LogP contribution in [0.4, 0.5) is 0 Å². The minimum atomic E-state index is 0.0786. The van der Waals surface area contributed by atoms with E-state index in [9.17, 15) is 4.79 Å². The van der Waals surface area contributed by atoms with Gasteiger partial charge in [0.25, 0.3) is 0 Å². The molecule has 0 fully saturated rings. The molecule has 0 bridgehead atoms. The number of aryl methyl sites for hydroxylation is 2. The van der Waals surface area contributed by atoms with Crippen molar-refractivity contribution >= 4 is 33.5 Å². The molecule has 1 nitrogen and oxygen atoms in total. The lowest BCUT2D eigenvalue weighted by atomic mass is 10.1. The highest BCUT2D eigenvalue weighted by Crippen LogP contribution is 2.33. The summed E-state index contributed by atoms with van der Waals surface area (Å²) in [5.74, 6) is 0.0786. The van der Waals surface area contributed by atoms with Crippen LogP contribution in [0.2, 0.25) is 0 Å². The van der Waals surface area contributed by atoms with Crippen LogP contribution < -0.4 is 0 Å². The molecule has 0 aliphatic carbocycles. The van der Waals surface area contributed by atoms with E-state index in [2.05, 4.69) is 48.0 Å². The summed E-state index contributed by atoms with van der Waals surface area (Å²) in [7, 11) is 0. The van der Waals surface area contributed by atoms with Crippen LogP contribution >= 0.6 is 27.7 Å². The minimum Gasteiger partial charge on any atom is -0.294 e. The molecule has 19 heavy (non-hydrogen) atoms. The highest BCUT2D eigenvalue weighted by molar-refractivity contribution is 9.10. The fourth-order valence-electron chi connectivity index (χ4n) is 1.89. The predicted molar refractivity (Wildman–Crippen MR) is 84.2 cm³/mol. The van der Waals surface area contributed by atoms with Gasteiger partial charge in [0.1, 0.15) is 0 Å². The summed E-state index contributed by atoms with van der Waals surface area (Å²) in [6, 6.07) is 12.3. The third-order valence-corrected chi connectivity index (χ3v) is 4.70. The van der Waals surface area contributed by atoms with Gasteiger partial charge in [0.05, 0.1) is 0 Å². The van der Waals surface area contributed by atoms with E-state index in [1.54, 1.807) is 18.7 Å². The molecule has 0 aromatic heterocycles. The summed E-state index contributed by atoms with van der Waals surface area (Å²) < 4.78 is 0.856. The average molecular weight is 335 g/mol. The van der Waals surface area contributed by atoms with Crippen LogP contribution in [-0.2, 0) is 0 Å². The number of Topliss-reactive ketones (excluding diaryl/α,β-unsaturated/α-hetero) is 1. The monoisotopic (exact) mass is 334 g/mol. The van der Waals surface area contributed by atoms with E-state index < -0.39 is 0 Å². The average Bonchev–Trinajstić information content (AvgIpc) is 2.32. The number of halogens is 1. The normalized spacial score (nSPS) is 10.5. The van der Waals surface area contributed by atoms with Crippen LogP contribution in [0.15, 0.2) is 50.7 Å². The number of hydrogen-bond donors (Lipinski definition) is 0. The van der Waals surface area contributed by atoms with Gasteiger partial charge in [-0.1, -0.05) is 45.4 Å². The summed E-state index contributed by atoms with van der Waals surface area (Å²) in [5, 5.41) is 0. The molecule has 3 heteroatoms. The van der Waals surface area contributed by atoms with Gasteiger partial charge in [0.15, 0.2) is 5.78 Å². The molecular formula is C16H15BrOS. The molecule has 2 aromatic carbocycles. The van der Waals surface area contributed by atoms with Gasteiger partial charge in [-0.05, 0) is 50.6 Å². The number of carbonyl (C=O) groups is 1. The molecule has 0 amide bonds.